The highest BCUT2D eigenvalue weighted by molar-refractivity contribution is 7.99. The van der Waals surface area contributed by atoms with Crippen LogP contribution in [-0.4, -0.2) is 32.3 Å². The lowest BCUT2D eigenvalue weighted by Gasteiger charge is -2.15. The van der Waals surface area contributed by atoms with Gasteiger partial charge in [0.1, 0.15) is 5.75 Å². The van der Waals surface area contributed by atoms with Crippen molar-refractivity contribution in [2.75, 3.05) is 11.1 Å². The van der Waals surface area contributed by atoms with Gasteiger partial charge in [-0.15, -0.1) is 10.2 Å². The standard InChI is InChI=1S/C22H25N5O3S/c1-4-27-21(15(3)30-16-11-9-14(2)10-12-16)25-26-22(27)31-13-19(28)24-18-8-6-5-7-17(18)20(23)29/h5-12,15H,4,13H2,1-3H3,(H2,23,29)(H,24,28). The Morgan fingerprint density at radius 2 is 1.87 bits per heavy atom. The number of nitrogens with two attached hydrogens (primary N) is 1. The highest BCUT2D eigenvalue weighted by atomic mass is 32.2. The van der Waals surface area contributed by atoms with Crippen molar-refractivity contribution in [1.82, 2.24) is 14.8 Å². The number of anilines is 1. The van der Waals surface area contributed by atoms with Crippen LogP contribution in [0.2, 0.25) is 0 Å². The molecule has 0 saturated heterocycles. The third kappa shape index (κ3) is 5.64. The number of carbonyl (C=O) groups is 2. The number of carbonyl (C=O) groups excluding carboxylic acids is 2. The van der Waals surface area contributed by atoms with Crippen LogP contribution >= 0.6 is 11.8 Å². The van der Waals surface area contributed by atoms with E-state index < -0.39 is 5.91 Å². The topological polar surface area (TPSA) is 112 Å². The molecule has 0 aliphatic heterocycles. The summed E-state index contributed by atoms with van der Waals surface area (Å²) in [5.74, 6) is 0.685. The van der Waals surface area contributed by atoms with E-state index in [4.69, 9.17) is 10.5 Å². The van der Waals surface area contributed by atoms with Crippen molar-refractivity contribution in [3.8, 4) is 5.75 Å². The average Bonchev–Trinajstić information content (AvgIpc) is 3.17. The van der Waals surface area contributed by atoms with E-state index >= 15 is 0 Å². The van der Waals surface area contributed by atoms with Crippen LogP contribution in [0.25, 0.3) is 0 Å². The predicted octanol–water partition coefficient (Wildman–Crippen LogP) is 3.58. The number of hydrogen-bond acceptors (Lipinski definition) is 6. The van der Waals surface area contributed by atoms with Gasteiger partial charge in [-0.3, -0.25) is 9.59 Å². The molecule has 0 bridgehead atoms. The number of aryl methyl sites for hydroxylation is 1. The van der Waals surface area contributed by atoms with Gasteiger partial charge in [-0.2, -0.15) is 0 Å². The van der Waals surface area contributed by atoms with Crippen LogP contribution in [0, 0.1) is 6.92 Å². The Labute approximate surface area is 185 Å². The van der Waals surface area contributed by atoms with Crippen molar-refractivity contribution in [2.45, 2.75) is 38.6 Å². The minimum absolute atomic E-state index is 0.110. The second-order valence-corrected chi connectivity index (χ2v) is 7.85. The smallest absolute Gasteiger partial charge is 0.250 e. The van der Waals surface area contributed by atoms with Crippen molar-refractivity contribution in [3.63, 3.8) is 0 Å². The van der Waals surface area contributed by atoms with E-state index in [9.17, 15) is 9.59 Å². The monoisotopic (exact) mass is 439 g/mol. The molecule has 3 aromatic rings. The molecular weight excluding hydrogens is 414 g/mol. The molecule has 0 saturated carbocycles. The van der Waals surface area contributed by atoms with Crippen molar-refractivity contribution in [1.29, 1.82) is 0 Å². The van der Waals surface area contributed by atoms with Gasteiger partial charge in [0.15, 0.2) is 17.1 Å². The van der Waals surface area contributed by atoms with Crippen molar-refractivity contribution in [2.24, 2.45) is 5.73 Å². The molecular formula is C22H25N5O3S. The summed E-state index contributed by atoms with van der Waals surface area (Å²) in [5.41, 5.74) is 7.17. The normalized spacial score (nSPS) is 11.7. The molecule has 0 aliphatic rings. The zero-order chi connectivity index (χ0) is 22.4. The summed E-state index contributed by atoms with van der Waals surface area (Å²) in [4.78, 5) is 23.9. The van der Waals surface area contributed by atoms with Crippen molar-refractivity contribution in [3.05, 3.63) is 65.5 Å². The number of rotatable bonds is 9. The fourth-order valence-electron chi connectivity index (χ4n) is 3.00. The number of nitrogens with zero attached hydrogens (tertiary/aromatic N) is 3. The first-order valence-corrected chi connectivity index (χ1v) is 10.9. The summed E-state index contributed by atoms with van der Waals surface area (Å²) in [6.45, 7) is 6.56. The maximum atomic E-state index is 12.4. The molecule has 162 valence electrons. The van der Waals surface area contributed by atoms with E-state index in [0.717, 1.165) is 11.3 Å². The lowest BCUT2D eigenvalue weighted by atomic mass is 10.1. The van der Waals surface area contributed by atoms with Crippen LogP contribution in [-0.2, 0) is 11.3 Å². The van der Waals surface area contributed by atoms with Crippen LogP contribution < -0.4 is 15.8 Å². The molecule has 2 aromatic carbocycles. The van der Waals surface area contributed by atoms with Crippen LogP contribution in [0.5, 0.6) is 5.75 Å². The summed E-state index contributed by atoms with van der Waals surface area (Å²) in [6, 6.07) is 14.4. The number of primary amides is 1. The largest absolute Gasteiger partial charge is 0.483 e. The molecule has 1 aromatic heterocycles. The Balaban J connectivity index is 1.65. The van der Waals surface area contributed by atoms with Gasteiger partial charge >= 0.3 is 0 Å². The highest BCUT2D eigenvalue weighted by Gasteiger charge is 2.20. The molecule has 0 spiro atoms. The SMILES string of the molecule is CCn1c(SCC(=O)Nc2ccccc2C(N)=O)nnc1C(C)Oc1ccc(C)cc1. The molecule has 8 nitrogen and oxygen atoms in total. The maximum absolute atomic E-state index is 12.4. The third-order valence-corrected chi connectivity index (χ3v) is 5.52. The quantitative estimate of drug-likeness (QED) is 0.493. The first kappa shape index (κ1) is 22.4. The summed E-state index contributed by atoms with van der Waals surface area (Å²) in [7, 11) is 0. The van der Waals surface area contributed by atoms with Crippen LogP contribution in [0.1, 0.15) is 41.7 Å². The minimum atomic E-state index is -0.596. The molecule has 3 N–H and O–H groups in total. The number of hydrogen-bond donors (Lipinski definition) is 2. The van der Waals surface area contributed by atoms with Gasteiger partial charge in [-0.25, -0.2) is 0 Å². The Morgan fingerprint density at radius 1 is 1.16 bits per heavy atom. The van der Waals surface area contributed by atoms with Gasteiger partial charge in [0.2, 0.25) is 5.91 Å². The number of ether oxygens (including phenoxy) is 1. The number of benzene rings is 2. The van der Waals surface area contributed by atoms with Gasteiger partial charge in [0.05, 0.1) is 17.0 Å². The summed E-state index contributed by atoms with van der Waals surface area (Å²) in [6.07, 6.45) is -0.305. The van der Waals surface area contributed by atoms with Gasteiger partial charge in [0, 0.05) is 6.54 Å². The third-order valence-electron chi connectivity index (χ3n) is 4.56. The fourth-order valence-corrected chi connectivity index (χ4v) is 3.81. The average molecular weight is 440 g/mol. The number of thioether (sulfide) groups is 1. The number of para-hydroxylation sites is 1. The number of nitrogens with one attached hydrogen (secondary N) is 1. The van der Waals surface area contributed by atoms with Crippen LogP contribution in [0.3, 0.4) is 0 Å². The van der Waals surface area contributed by atoms with Gasteiger partial charge in [-0.1, -0.05) is 41.6 Å². The molecule has 0 aliphatic carbocycles. The van der Waals surface area contributed by atoms with Crippen LogP contribution in [0.15, 0.2) is 53.7 Å². The Kier molecular flexibility index (Phi) is 7.30. The summed E-state index contributed by atoms with van der Waals surface area (Å²) >= 11 is 1.27. The molecule has 0 fully saturated rings. The van der Waals surface area contributed by atoms with E-state index in [1.54, 1.807) is 24.3 Å². The van der Waals surface area contributed by atoms with Crippen molar-refractivity contribution >= 4 is 29.3 Å². The molecule has 9 heteroatoms. The first-order chi connectivity index (χ1) is 14.9. The Bertz CT molecular complexity index is 1070. The summed E-state index contributed by atoms with van der Waals surface area (Å²) in [5, 5.41) is 11.8. The zero-order valence-corrected chi connectivity index (χ0v) is 18.5. The molecule has 2 amide bonds. The first-order valence-electron chi connectivity index (χ1n) is 9.87. The zero-order valence-electron chi connectivity index (χ0n) is 17.7. The van der Waals surface area contributed by atoms with E-state index in [0.29, 0.717) is 23.2 Å². The van der Waals surface area contributed by atoms with Gasteiger partial charge in [0.25, 0.3) is 5.91 Å². The summed E-state index contributed by atoms with van der Waals surface area (Å²) < 4.78 is 7.92. The predicted molar refractivity (Wildman–Crippen MR) is 120 cm³/mol. The van der Waals surface area contributed by atoms with Crippen molar-refractivity contribution < 1.29 is 14.3 Å². The number of aromatic nitrogens is 3. The van der Waals surface area contributed by atoms with Gasteiger partial charge in [-0.05, 0) is 45.0 Å². The van der Waals surface area contributed by atoms with Gasteiger partial charge < -0.3 is 20.4 Å². The highest BCUT2D eigenvalue weighted by Crippen LogP contribution is 2.25. The van der Waals surface area contributed by atoms with E-state index in [-0.39, 0.29) is 23.3 Å². The van der Waals surface area contributed by atoms with E-state index in [2.05, 4.69) is 15.5 Å². The second-order valence-electron chi connectivity index (χ2n) is 6.90. The second kappa shape index (κ2) is 10.1. The van der Waals surface area contributed by atoms with E-state index in [1.807, 2.05) is 49.6 Å². The molecule has 31 heavy (non-hydrogen) atoms. The molecule has 0 radical (unpaired) electrons. The Hall–Kier alpha value is -3.33. The fraction of sp³-hybridized carbons (Fsp3) is 0.273. The minimum Gasteiger partial charge on any atom is -0.483 e. The lowest BCUT2D eigenvalue weighted by molar-refractivity contribution is -0.113. The maximum Gasteiger partial charge on any atom is 0.250 e. The number of amides is 2. The lowest BCUT2D eigenvalue weighted by Crippen LogP contribution is -2.19. The van der Waals surface area contributed by atoms with Crippen LogP contribution in [0.4, 0.5) is 5.69 Å². The molecule has 1 heterocycles. The molecule has 3 rings (SSSR count). The molecule has 1 unspecified atom stereocenters. The molecule has 1 atom stereocenters. The van der Waals surface area contributed by atoms with E-state index in [1.165, 1.54) is 11.8 Å². The Morgan fingerprint density at radius 3 is 2.55 bits per heavy atom.